The van der Waals surface area contributed by atoms with Crippen molar-refractivity contribution >= 4 is 29.2 Å². The Morgan fingerprint density at radius 3 is 2.28 bits per heavy atom. The summed E-state index contributed by atoms with van der Waals surface area (Å²) in [5.74, 6) is 0.298. The molecule has 18 heavy (non-hydrogen) atoms. The summed E-state index contributed by atoms with van der Waals surface area (Å²) in [5, 5.41) is 10.6. The molecule has 3 nitrogen and oxygen atoms in total. The van der Waals surface area contributed by atoms with Crippen LogP contribution in [0, 0.1) is 17.3 Å². The van der Waals surface area contributed by atoms with Crippen LogP contribution in [0.3, 0.4) is 0 Å². The Morgan fingerprint density at radius 2 is 1.83 bits per heavy atom. The number of methoxy groups -OCH3 is 1. The van der Waals surface area contributed by atoms with Gasteiger partial charge < -0.3 is 9.84 Å². The second-order valence-corrected chi connectivity index (χ2v) is 7.86. The molecule has 4 saturated carbocycles. The fourth-order valence-electron chi connectivity index (χ4n) is 4.93. The van der Waals surface area contributed by atoms with Crippen LogP contribution in [0.5, 0.6) is 0 Å². The highest BCUT2D eigenvalue weighted by atomic mass is 35.5. The Kier molecular flexibility index (Phi) is 2.73. The molecule has 0 aliphatic heterocycles. The molecule has 4 aliphatic rings. The number of rotatable bonds is 2. The van der Waals surface area contributed by atoms with E-state index in [1.807, 2.05) is 0 Å². The maximum Gasteiger partial charge on any atom is 0.342 e. The van der Waals surface area contributed by atoms with Gasteiger partial charge in [0.05, 0.1) is 12.7 Å². The number of esters is 1. The van der Waals surface area contributed by atoms with Crippen LogP contribution in [0.1, 0.15) is 38.5 Å². The zero-order valence-corrected chi connectivity index (χ0v) is 11.9. The van der Waals surface area contributed by atoms with E-state index in [2.05, 4.69) is 0 Å². The highest BCUT2D eigenvalue weighted by Gasteiger charge is 2.66. The van der Waals surface area contributed by atoms with Crippen LogP contribution in [-0.4, -0.2) is 28.1 Å². The number of aliphatic hydroxyl groups is 1. The summed E-state index contributed by atoms with van der Waals surface area (Å²) in [4.78, 5) is 11.9. The fraction of sp³-hybridized carbons (Fsp3) is 0.923. The summed E-state index contributed by atoms with van der Waals surface area (Å²) in [6.07, 6.45) is 4.97. The maximum absolute atomic E-state index is 11.9. The third-order valence-electron chi connectivity index (χ3n) is 5.14. The first-order chi connectivity index (χ1) is 8.30. The second kappa shape index (κ2) is 3.77. The molecule has 0 saturated heterocycles. The van der Waals surface area contributed by atoms with Crippen LogP contribution in [0.15, 0.2) is 0 Å². The predicted octanol–water partition coefficient (Wildman–Crippen LogP) is 2.66. The first-order valence-electron chi connectivity index (χ1n) is 6.49. The Hall–Kier alpha value is 0.01000. The molecule has 5 heteroatoms. The molecule has 0 radical (unpaired) electrons. The molecule has 0 heterocycles. The van der Waals surface area contributed by atoms with E-state index in [0.717, 1.165) is 32.1 Å². The van der Waals surface area contributed by atoms with Crippen LogP contribution in [0.4, 0.5) is 0 Å². The lowest BCUT2D eigenvalue weighted by molar-refractivity contribution is -0.178. The van der Waals surface area contributed by atoms with Crippen LogP contribution >= 0.6 is 23.2 Å². The van der Waals surface area contributed by atoms with Gasteiger partial charge in [-0.2, -0.15) is 0 Å². The number of hydrogen-bond donors (Lipinski definition) is 1. The van der Waals surface area contributed by atoms with Crippen molar-refractivity contribution in [3.05, 3.63) is 0 Å². The Bertz CT molecular complexity index is 380. The zero-order valence-electron chi connectivity index (χ0n) is 10.4. The van der Waals surface area contributed by atoms with Gasteiger partial charge in [-0.05, 0) is 50.4 Å². The summed E-state index contributed by atoms with van der Waals surface area (Å²) in [6, 6.07) is 0. The van der Waals surface area contributed by atoms with Gasteiger partial charge in [0.15, 0.2) is 0 Å². The zero-order chi connectivity index (χ0) is 13.2. The summed E-state index contributed by atoms with van der Waals surface area (Å²) >= 11 is 12.7. The minimum Gasteiger partial charge on any atom is -0.467 e. The number of hydrogen-bond acceptors (Lipinski definition) is 3. The lowest BCUT2D eigenvalue weighted by Crippen LogP contribution is -2.62. The maximum atomic E-state index is 11.9. The molecule has 4 bridgehead atoms. The lowest BCUT2D eigenvalue weighted by Gasteiger charge is -2.62. The first-order valence-corrected chi connectivity index (χ1v) is 7.24. The van der Waals surface area contributed by atoms with Crippen molar-refractivity contribution in [1.29, 1.82) is 0 Å². The smallest absolute Gasteiger partial charge is 0.342 e. The Morgan fingerprint density at radius 1 is 1.28 bits per heavy atom. The molecule has 0 spiro atoms. The quantitative estimate of drug-likeness (QED) is 0.629. The minimum absolute atomic E-state index is 0.442. The van der Waals surface area contributed by atoms with Crippen LogP contribution in [-0.2, 0) is 9.53 Å². The number of halogens is 2. The van der Waals surface area contributed by atoms with Gasteiger partial charge in [0.2, 0.25) is 4.33 Å². The van der Waals surface area contributed by atoms with E-state index in [4.69, 9.17) is 27.9 Å². The summed E-state index contributed by atoms with van der Waals surface area (Å²) in [6.45, 7) is 0. The number of ether oxygens (including phenoxy) is 1. The monoisotopic (exact) mass is 292 g/mol. The summed E-state index contributed by atoms with van der Waals surface area (Å²) in [5.41, 5.74) is -1.19. The molecular weight excluding hydrogens is 275 g/mol. The molecule has 0 amide bonds. The van der Waals surface area contributed by atoms with Crippen molar-refractivity contribution in [2.24, 2.45) is 17.3 Å². The Balaban J connectivity index is 1.98. The summed E-state index contributed by atoms with van der Waals surface area (Å²) in [7, 11) is 1.30. The van der Waals surface area contributed by atoms with Gasteiger partial charge in [-0.15, -0.1) is 0 Å². The van der Waals surface area contributed by atoms with Gasteiger partial charge in [-0.1, -0.05) is 23.2 Å². The van der Waals surface area contributed by atoms with Crippen molar-refractivity contribution in [1.82, 2.24) is 0 Å². The highest BCUT2D eigenvalue weighted by molar-refractivity contribution is 6.58. The van der Waals surface area contributed by atoms with Crippen LogP contribution in [0.25, 0.3) is 0 Å². The molecule has 1 N–H and O–H groups in total. The number of alkyl halides is 2. The molecule has 4 rings (SSSR count). The Labute approximate surface area is 117 Å². The van der Waals surface area contributed by atoms with Crippen LogP contribution in [0.2, 0.25) is 0 Å². The number of carbonyl (C=O) groups is 1. The molecule has 0 aromatic rings. The van der Waals surface area contributed by atoms with Crippen molar-refractivity contribution in [2.75, 3.05) is 7.11 Å². The highest BCUT2D eigenvalue weighted by Crippen LogP contribution is 2.67. The van der Waals surface area contributed by atoms with E-state index in [0.29, 0.717) is 18.3 Å². The van der Waals surface area contributed by atoms with Crippen molar-refractivity contribution in [3.8, 4) is 0 Å². The van der Waals surface area contributed by atoms with Gasteiger partial charge in [-0.25, -0.2) is 4.79 Å². The third kappa shape index (κ3) is 1.63. The standard InChI is InChI=1S/C13H18Cl2O3/c1-18-10(16)13(14,15)11-3-8-2-9(4-11)6-12(17,5-8)7-11/h8-9,17H,2-7H2,1H3. The average molecular weight is 293 g/mol. The van der Waals surface area contributed by atoms with Crippen LogP contribution < -0.4 is 0 Å². The van der Waals surface area contributed by atoms with Crippen molar-refractivity contribution in [2.45, 2.75) is 48.5 Å². The predicted molar refractivity (Wildman–Crippen MR) is 68.5 cm³/mol. The minimum atomic E-state index is -1.53. The van der Waals surface area contributed by atoms with Gasteiger partial charge in [-0.3, -0.25) is 0 Å². The third-order valence-corrected chi connectivity index (χ3v) is 6.25. The molecule has 102 valence electrons. The van der Waals surface area contributed by atoms with Gasteiger partial charge in [0, 0.05) is 5.41 Å². The molecule has 4 aliphatic carbocycles. The van der Waals surface area contributed by atoms with E-state index in [1.165, 1.54) is 7.11 Å². The normalized spacial score (nSPS) is 46.2. The first kappa shape index (κ1) is 13.0. The molecule has 2 atom stereocenters. The van der Waals surface area contributed by atoms with E-state index in [-0.39, 0.29) is 0 Å². The topological polar surface area (TPSA) is 46.5 Å². The van der Waals surface area contributed by atoms with Gasteiger partial charge in [0.25, 0.3) is 0 Å². The molecular formula is C13H18Cl2O3. The van der Waals surface area contributed by atoms with E-state index >= 15 is 0 Å². The van der Waals surface area contributed by atoms with Crippen molar-refractivity contribution < 1.29 is 14.6 Å². The molecule has 4 fully saturated rings. The second-order valence-electron chi connectivity index (χ2n) is 6.53. The molecule has 0 aromatic carbocycles. The largest absolute Gasteiger partial charge is 0.467 e. The van der Waals surface area contributed by atoms with Gasteiger partial charge in [0.1, 0.15) is 0 Å². The van der Waals surface area contributed by atoms with Gasteiger partial charge >= 0.3 is 5.97 Å². The van der Waals surface area contributed by atoms with E-state index in [9.17, 15) is 9.90 Å². The number of carbonyl (C=O) groups excluding carboxylic acids is 1. The molecule has 2 unspecified atom stereocenters. The van der Waals surface area contributed by atoms with E-state index in [1.54, 1.807) is 0 Å². The fourth-order valence-corrected chi connectivity index (χ4v) is 5.52. The molecule has 0 aromatic heterocycles. The van der Waals surface area contributed by atoms with E-state index < -0.39 is 21.3 Å². The SMILES string of the molecule is COC(=O)C(Cl)(Cl)C12CC3CC(CC(O)(C3)C1)C2. The summed E-state index contributed by atoms with van der Waals surface area (Å²) < 4.78 is 3.22. The lowest BCUT2D eigenvalue weighted by atomic mass is 9.47. The average Bonchev–Trinajstić information content (AvgIpc) is 2.24. The van der Waals surface area contributed by atoms with Crippen molar-refractivity contribution in [3.63, 3.8) is 0 Å².